The average molecular weight is 173 g/mol. The van der Waals surface area contributed by atoms with Crippen LogP contribution in [0.3, 0.4) is 0 Å². The van der Waals surface area contributed by atoms with Gasteiger partial charge >= 0.3 is 0 Å². The standard InChI is InChI=1S/C10H11N3/c1-8-9(4-3-5-12-8)10-6-11-7-13(10)2/h3-7H,1-2H3. The summed E-state index contributed by atoms with van der Waals surface area (Å²) in [5, 5.41) is 0. The molecule has 0 amide bonds. The zero-order chi connectivity index (χ0) is 9.26. The Kier molecular flexibility index (Phi) is 1.85. The van der Waals surface area contributed by atoms with Crippen molar-refractivity contribution < 1.29 is 0 Å². The summed E-state index contributed by atoms with van der Waals surface area (Å²) in [6, 6.07) is 3.99. The largest absolute Gasteiger partial charge is 0.334 e. The van der Waals surface area contributed by atoms with E-state index in [1.165, 1.54) is 0 Å². The topological polar surface area (TPSA) is 30.7 Å². The highest BCUT2D eigenvalue weighted by Gasteiger charge is 2.04. The van der Waals surface area contributed by atoms with Crippen molar-refractivity contribution in [2.45, 2.75) is 6.92 Å². The van der Waals surface area contributed by atoms with Crippen LogP contribution >= 0.6 is 0 Å². The molecule has 0 radical (unpaired) electrons. The number of pyridine rings is 1. The molecule has 2 heterocycles. The van der Waals surface area contributed by atoms with E-state index in [2.05, 4.69) is 16.0 Å². The van der Waals surface area contributed by atoms with Gasteiger partial charge < -0.3 is 4.57 Å². The van der Waals surface area contributed by atoms with Crippen molar-refractivity contribution in [3.63, 3.8) is 0 Å². The zero-order valence-corrected chi connectivity index (χ0v) is 7.73. The van der Waals surface area contributed by atoms with Crippen molar-refractivity contribution >= 4 is 0 Å². The van der Waals surface area contributed by atoms with Crippen LogP contribution in [0.4, 0.5) is 0 Å². The highest BCUT2D eigenvalue weighted by molar-refractivity contribution is 5.61. The van der Waals surface area contributed by atoms with Crippen LogP contribution < -0.4 is 0 Å². The molecule has 0 saturated heterocycles. The molecule has 0 aromatic carbocycles. The molecule has 0 unspecified atom stereocenters. The van der Waals surface area contributed by atoms with Gasteiger partial charge in [-0.3, -0.25) is 4.98 Å². The summed E-state index contributed by atoms with van der Waals surface area (Å²) < 4.78 is 1.99. The van der Waals surface area contributed by atoms with Gasteiger partial charge in [-0.25, -0.2) is 4.98 Å². The predicted octanol–water partition coefficient (Wildman–Crippen LogP) is 1.79. The molecule has 66 valence electrons. The molecule has 0 aliphatic heterocycles. The van der Waals surface area contributed by atoms with Gasteiger partial charge in [0, 0.05) is 24.5 Å². The van der Waals surface area contributed by atoms with E-state index in [1.54, 1.807) is 12.5 Å². The van der Waals surface area contributed by atoms with Crippen LogP contribution in [0.5, 0.6) is 0 Å². The summed E-state index contributed by atoms with van der Waals surface area (Å²) in [5.74, 6) is 0. The molecule has 0 N–H and O–H groups in total. The second kappa shape index (κ2) is 3.01. The number of rotatable bonds is 1. The van der Waals surface area contributed by atoms with E-state index in [4.69, 9.17) is 0 Å². The van der Waals surface area contributed by atoms with Crippen molar-refractivity contribution in [2.24, 2.45) is 7.05 Å². The summed E-state index contributed by atoms with van der Waals surface area (Å²) in [7, 11) is 1.98. The number of aryl methyl sites for hydroxylation is 2. The fourth-order valence-electron chi connectivity index (χ4n) is 1.37. The van der Waals surface area contributed by atoms with E-state index in [0.717, 1.165) is 17.0 Å². The molecule has 3 nitrogen and oxygen atoms in total. The molecule has 0 atom stereocenters. The molecule has 0 saturated carbocycles. The van der Waals surface area contributed by atoms with Crippen LogP contribution in [0.15, 0.2) is 30.9 Å². The van der Waals surface area contributed by atoms with Gasteiger partial charge in [0.25, 0.3) is 0 Å². The van der Waals surface area contributed by atoms with Crippen LogP contribution in [0, 0.1) is 6.92 Å². The maximum atomic E-state index is 4.24. The number of aromatic nitrogens is 3. The Hall–Kier alpha value is -1.64. The fraction of sp³-hybridized carbons (Fsp3) is 0.200. The predicted molar refractivity (Wildman–Crippen MR) is 51.2 cm³/mol. The maximum Gasteiger partial charge on any atom is 0.0948 e. The lowest BCUT2D eigenvalue weighted by molar-refractivity contribution is 0.918. The second-order valence-corrected chi connectivity index (χ2v) is 3.03. The SMILES string of the molecule is Cc1ncccc1-c1cncn1C. The molecular weight excluding hydrogens is 162 g/mol. The Labute approximate surface area is 77.1 Å². The van der Waals surface area contributed by atoms with E-state index in [0.29, 0.717) is 0 Å². The average Bonchev–Trinajstić information content (AvgIpc) is 2.52. The van der Waals surface area contributed by atoms with E-state index < -0.39 is 0 Å². The van der Waals surface area contributed by atoms with Crippen LogP contribution in [-0.2, 0) is 7.05 Å². The number of imidazole rings is 1. The monoisotopic (exact) mass is 173 g/mol. The first-order valence-electron chi connectivity index (χ1n) is 4.17. The van der Waals surface area contributed by atoms with E-state index in [1.807, 2.05) is 30.8 Å². The lowest BCUT2D eigenvalue weighted by Gasteiger charge is -2.04. The highest BCUT2D eigenvalue weighted by Crippen LogP contribution is 2.19. The number of nitrogens with zero attached hydrogens (tertiary/aromatic N) is 3. The first kappa shape index (κ1) is 7.98. The first-order chi connectivity index (χ1) is 6.29. The third-order valence-corrected chi connectivity index (χ3v) is 2.10. The van der Waals surface area contributed by atoms with Crippen molar-refractivity contribution in [3.8, 4) is 11.3 Å². The fourth-order valence-corrected chi connectivity index (χ4v) is 1.37. The van der Waals surface area contributed by atoms with Gasteiger partial charge in [0.1, 0.15) is 0 Å². The molecule has 2 aromatic heterocycles. The highest BCUT2D eigenvalue weighted by atomic mass is 15.0. The summed E-state index contributed by atoms with van der Waals surface area (Å²) in [6.45, 7) is 2.00. The Morgan fingerprint density at radius 3 is 2.85 bits per heavy atom. The normalized spacial score (nSPS) is 10.3. The molecule has 3 heteroatoms. The van der Waals surface area contributed by atoms with Gasteiger partial charge in [-0.05, 0) is 19.1 Å². The first-order valence-corrected chi connectivity index (χ1v) is 4.17. The minimum Gasteiger partial charge on any atom is -0.334 e. The number of hydrogen-bond acceptors (Lipinski definition) is 2. The quantitative estimate of drug-likeness (QED) is 0.658. The molecular formula is C10H11N3. The summed E-state index contributed by atoms with van der Waals surface area (Å²) in [6.07, 6.45) is 5.45. The minimum atomic E-state index is 1.03. The molecule has 0 spiro atoms. The summed E-state index contributed by atoms with van der Waals surface area (Å²) in [4.78, 5) is 8.31. The third-order valence-electron chi connectivity index (χ3n) is 2.10. The molecule has 0 bridgehead atoms. The van der Waals surface area contributed by atoms with E-state index in [-0.39, 0.29) is 0 Å². The van der Waals surface area contributed by atoms with Crippen LogP contribution in [0.1, 0.15) is 5.69 Å². The summed E-state index contributed by atoms with van der Waals surface area (Å²) >= 11 is 0. The number of hydrogen-bond donors (Lipinski definition) is 0. The summed E-state index contributed by atoms with van der Waals surface area (Å²) in [5.41, 5.74) is 3.28. The minimum absolute atomic E-state index is 1.03. The Balaban J connectivity index is 2.59. The maximum absolute atomic E-state index is 4.24. The molecule has 0 aliphatic carbocycles. The van der Waals surface area contributed by atoms with Gasteiger partial charge in [0.15, 0.2) is 0 Å². The Bertz CT molecular complexity index is 418. The van der Waals surface area contributed by atoms with Crippen molar-refractivity contribution in [1.29, 1.82) is 0 Å². The van der Waals surface area contributed by atoms with Crippen molar-refractivity contribution in [1.82, 2.24) is 14.5 Å². The van der Waals surface area contributed by atoms with Crippen LogP contribution in [0.2, 0.25) is 0 Å². The molecule has 0 aliphatic rings. The van der Waals surface area contributed by atoms with Crippen LogP contribution in [0.25, 0.3) is 11.3 Å². The smallest absolute Gasteiger partial charge is 0.0948 e. The van der Waals surface area contributed by atoms with Gasteiger partial charge in [-0.2, -0.15) is 0 Å². The van der Waals surface area contributed by atoms with E-state index >= 15 is 0 Å². The molecule has 0 fully saturated rings. The van der Waals surface area contributed by atoms with Crippen molar-refractivity contribution in [3.05, 3.63) is 36.5 Å². The van der Waals surface area contributed by atoms with Crippen molar-refractivity contribution in [2.75, 3.05) is 0 Å². The Morgan fingerprint density at radius 2 is 2.23 bits per heavy atom. The zero-order valence-electron chi connectivity index (χ0n) is 7.73. The van der Waals surface area contributed by atoms with Gasteiger partial charge in [0.05, 0.1) is 18.2 Å². The molecule has 2 rings (SSSR count). The van der Waals surface area contributed by atoms with Gasteiger partial charge in [0.2, 0.25) is 0 Å². The molecule has 2 aromatic rings. The van der Waals surface area contributed by atoms with Gasteiger partial charge in [-0.1, -0.05) is 0 Å². The van der Waals surface area contributed by atoms with Gasteiger partial charge in [-0.15, -0.1) is 0 Å². The van der Waals surface area contributed by atoms with E-state index in [9.17, 15) is 0 Å². The lowest BCUT2D eigenvalue weighted by Crippen LogP contribution is -1.92. The van der Waals surface area contributed by atoms with Crippen LogP contribution in [-0.4, -0.2) is 14.5 Å². The molecule has 13 heavy (non-hydrogen) atoms. The second-order valence-electron chi connectivity index (χ2n) is 3.03. The Morgan fingerprint density at radius 1 is 1.38 bits per heavy atom. The third kappa shape index (κ3) is 1.33. The lowest BCUT2D eigenvalue weighted by atomic mass is 10.1.